The van der Waals surface area contributed by atoms with Gasteiger partial charge in [0.05, 0.1) is 23.4 Å². The zero-order valence-corrected chi connectivity index (χ0v) is 17.0. The van der Waals surface area contributed by atoms with Crippen LogP contribution in [0, 0.1) is 0 Å². The number of nitrogens with one attached hydrogen (secondary N) is 1. The Hall–Kier alpha value is -3.48. The molecule has 1 aliphatic rings. The molecular weight excluding hydrogens is 380 g/mol. The maximum atomic E-state index is 13.1. The lowest BCUT2D eigenvalue weighted by Crippen LogP contribution is -2.38. The van der Waals surface area contributed by atoms with Gasteiger partial charge in [0.1, 0.15) is 11.6 Å². The quantitative estimate of drug-likeness (QED) is 0.705. The highest BCUT2D eigenvalue weighted by molar-refractivity contribution is 5.97. The lowest BCUT2D eigenvalue weighted by Gasteiger charge is -2.27. The number of para-hydroxylation sites is 1. The van der Waals surface area contributed by atoms with Crippen LogP contribution in [0.5, 0.6) is 5.75 Å². The van der Waals surface area contributed by atoms with E-state index in [0.717, 1.165) is 12.0 Å². The predicted molar refractivity (Wildman–Crippen MR) is 113 cm³/mol. The van der Waals surface area contributed by atoms with Gasteiger partial charge in [-0.3, -0.25) is 19.1 Å². The van der Waals surface area contributed by atoms with E-state index in [1.165, 1.54) is 6.07 Å². The number of nitrogens with zero attached hydrogens (tertiary/aromatic N) is 3. The molecule has 4 rings (SSSR count). The summed E-state index contributed by atoms with van der Waals surface area (Å²) in [7, 11) is 0. The minimum absolute atomic E-state index is 0.0440. The van der Waals surface area contributed by atoms with Crippen LogP contribution in [0.4, 0.5) is 0 Å². The first-order valence-corrected chi connectivity index (χ1v) is 10.1. The lowest BCUT2D eigenvalue weighted by atomic mass is 10.0. The van der Waals surface area contributed by atoms with E-state index in [-0.39, 0.29) is 23.6 Å². The first kappa shape index (κ1) is 19.8. The number of fused-ring (bicyclic) bond motifs is 1. The molecule has 2 aromatic heterocycles. The van der Waals surface area contributed by atoms with Gasteiger partial charge in [-0.2, -0.15) is 0 Å². The van der Waals surface area contributed by atoms with Crippen LogP contribution < -0.4 is 15.6 Å². The molecule has 0 saturated heterocycles. The van der Waals surface area contributed by atoms with Crippen molar-refractivity contribution >= 4 is 5.91 Å². The minimum atomic E-state index is -0.354. The van der Waals surface area contributed by atoms with Crippen molar-refractivity contribution in [3.63, 3.8) is 0 Å². The lowest BCUT2D eigenvalue weighted by molar-refractivity contribution is 0.0921. The molecule has 0 fully saturated rings. The van der Waals surface area contributed by atoms with Crippen LogP contribution in [-0.4, -0.2) is 26.5 Å². The van der Waals surface area contributed by atoms with Crippen molar-refractivity contribution in [2.45, 2.75) is 45.4 Å². The third-order valence-electron chi connectivity index (χ3n) is 5.00. The second kappa shape index (κ2) is 8.49. The maximum Gasteiger partial charge on any atom is 0.255 e. The van der Waals surface area contributed by atoms with E-state index in [1.807, 2.05) is 32.0 Å². The number of aromatic nitrogens is 3. The van der Waals surface area contributed by atoms with Crippen LogP contribution in [0.15, 0.2) is 59.7 Å². The monoisotopic (exact) mass is 404 g/mol. The van der Waals surface area contributed by atoms with Crippen molar-refractivity contribution < 1.29 is 9.53 Å². The molecule has 154 valence electrons. The average molecular weight is 404 g/mol. The molecular formula is C23H24N4O3. The topological polar surface area (TPSA) is 86.1 Å². The summed E-state index contributed by atoms with van der Waals surface area (Å²) in [6, 6.07) is 12.0. The van der Waals surface area contributed by atoms with Gasteiger partial charge in [0.25, 0.3) is 11.5 Å². The van der Waals surface area contributed by atoms with E-state index in [4.69, 9.17) is 9.72 Å². The summed E-state index contributed by atoms with van der Waals surface area (Å²) >= 11 is 0. The molecule has 1 amide bonds. The normalized spacial score (nSPS) is 15.5. The molecule has 0 saturated carbocycles. The molecule has 1 atom stereocenters. The molecule has 3 aromatic rings. The zero-order valence-electron chi connectivity index (χ0n) is 17.0. The molecule has 1 N–H and O–H groups in total. The Morgan fingerprint density at radius 1 is 1.20 bits per heavy atom. The molecule has 1 unspecified atom stereocenters. The Morgan fingerprint density at radius 3 is 2.73 bits per heavy atom. The number of pyridine rings is 1. The number of ether oxygens (including phenoxy) is 1. The van der Waals surface area contributed by atoms with Crippen molar-refractivity contribution in [2.75, 3.05) is 0 Å². The van der Waals surface area contributed by atoms with Crippen LogP contribution in [0.25, 0.3) is 11.3 Å². The third-order valence-corrected chi connectivity index (χ3v) is 5.00. The van der Waals surface area contributed by atoms with Gasteiger partial charge in [-0.05, 0) is 51.0 Å². The van der Waals surface area contributed by atoms with Crippen LogP contribution in [0.3, 0.4) is 0 Å². The SMILES string of the molecule is CC(C)Oc1ccccc1C(=O)NC1CCCn2c1nc(-c1ccncc1)cc2=O. The molecule has 0 aliphatic carbocycles. The van der Waals surface area contributed by atoms with E-state index in [0.29, 0.717) is 35.8 Å². The number of carbonyl (C=O) groups is 1. The third kappa shape index (κ3) is 4.10. The highest BCUT2D eigenvalue weighted by atomic mass is 16.5. The number of benzene rings is 1. The number of amides is 1. The highest BCUT2D eigenvalue weighted by Crippen LogP contribution is 2.26. The van der Waals surface area contributed by atoms with Gasteiger partial charge in [0.2, 0.25) is 0 Å². The first-order valence-electron chi connectivity index (χ1n) is 10.1. The van der Waals surface area contributed by atoms with E-state index < -0.39 is 0 Å². The van der Waals surface area contributed by atoms with Gasteiger partial charge < -0.3 is 10.1 Å². The summed E-state index contributed by atoms with van der Waals surface area (Å²) in [5.41, 5.74) is 1.75. The second-order valence-electron chi connectivity index (χ2n) is 7.56. The summed E-state index contributed by atoms with van der Waals surface area (Å²) < 4.78 is 7.43. The molecule has 0 radical (unpaired) electrons. The Morgan fingerprint density at radius 2 is 1.97 bits per heavy atom. The summed E-state index contributed by atoms with van der Waals surface area (Å²) in [4.78, 5) is 34.5. The van der Waals surface area contributed by atoms with E-state index >= 15 is 0 Å². The van der Waals surface area contributed by atoms with Crippen molar-refractivity contribution in [1.82, 2.24) is 19.9 Å². The van der Waals surface area contributed by atoms with E-state index in [1.54, 1.807) is 35.2 Å². The van der Waals surface area contributed by atoms with Crippen molar-refractivity contribution in [3.8, 4) is 17.0 Å². The molecule has 0 bridgehead atoms. The molecule has 0 spiro atoms. The largest absolute Gasteiger partial charge is 0.490 e. The number of hydrogen-bond donors (Lipinski definition) is 1. The van der Waals surface area contributed by atoms with Crippen LogP contribution in [0.1, 0.15) is 48.9 Å². The van der Waals surface area contributed by atoms with Crippen molar-refractivity contribution in [2.24, 2.45) is 0 Å². The van der Waals surface area contributed by atoms with Gasteiger partial charge in [0.15, 0.2) is 0 Å². The van der Waals surface area contributed by atoms with E-state index in [2.05, 4.69) is 10.3 Å². The van der Waals surface area contributed by atoms with Gasteiger partial charge in [-0.25, -0.2) is 4.98 Å². The fourth-order valence-electron chi connectivity index (χ4n) is 3.65. The predicted octanol–water partition coefficient (Wildman–Crippen LogP) is 3.36. The van der Waals surface area contributed by atoms with Crippen molar-refractivity contribution in [3.05, 3.63) is 76.6 Å². The van der Waals surface area contributed by atoms with Crippen LogP contribution in [0.2, 0.25) is 0 Å². The standard InChI is InChI=1S/C23H24N4O3/c1-15(2)30-20-8-4-3-6-17(20)23(29)26-18-7-5-13-27-21(28)14-19(25-22(18)27)16-9-11-24-12-10-16/h3-4,6,8-12,14-15,18H,5,7,13H2,1-2H3,(H,26,29). The van der Waals surface area contributed by atoms with Gasteiger partial charge in [-0.1, -0.05) is 12.1 Å². The fraction of sp³-hybridized carbons (Fsp3) is 0.304. The minimum Gasteiger partial charge on any atom is -0.490 e. The Labute approximate surface area is 174 Å². The first-order chi connectivity index (χ1) is 14.5. The highest BCUT2D eigenvalue weighted by Gasteiger charge is 2.26. The fourth-order valence-corrected chi connectivity index (χ4v) is 3.65. The van der Waals surface area contributed by atoms with Gasteiger partial charge in [0, 0.05) is 30.6 Å². The maximum absolute atomic E-state index is 13.1. The van der Waals surface area contributed by atoms with Gasteiger partial charge in [-0.15, -0.1) is 0 Å². The Kier molecular flexibility index (Phi) is 5.61. The summed E-state index contributed by atoms with van der Waals surface area (Å²) in [6.45, 7) is 4.43. The smallest absolute Gasteiger partial charge is 0.255 e. The summed E-state index contributed by atoms with van der Waals surface area (Å²) in [5, 5.41) is 3.06. The van der Waals surface area contributed by atoms with Gasteiger partial charge >= 0.3 is 0 Å². The second-order valence-corrected chi connectivity index (χ2v) is 7.56. The number of hydrogen-bond acceptors (Lipinski definition) is 5. The van der Waals surface area contributed by atoms with Crippen molar-refractivity contribution in [1.29, 1.82) is 0 Å². The van der Waals surface area contributed by atoms with Crippen LogP contribution >= 0.6 is 0 Å². The Bertz CT molecular complexity index is 1110. The molecule has 1 aliphatic heterocycles. The molecule has 7 heteroatoms. The summed E-state index contributed by atoms with van der Waals surface area (Å²) in [5.74, 6) is 0.876. The zero-order chi connectivity index (χ0) is 21.1. The molecule has 30 heavy (non-hydrogen) atoms. The molecule has 1 aromatic carbocycles. The van der Waals surface area contributed by atoms with Crippen LogP contribution in [-0.2, 0) is 6.54 Å². The van der Waals surface area contributed by atoms with E-state index in [9.17, 15) is 9.59 Å². The average Bonchev–Trinajstić information content (AvgIpc) is 2.75. The molecule has 7 nitrogen and oxygen atoms in total. The number of carbonyl (C=O) groups excluding carboxylic acids is 1. The Balaban J connectivity index is 1.66. The molecule has 3 heterocycles. The summed E-state index contributed by atoms with van der Waals surface area (Å²) in [6.07, 6.45) is 4.79. The number of rotatable bonds is 5.